The van der Waals surface area contributed by atoms with Crippen molar-refractivity contribution < 1.29 is 18.7 Å². The predicted molar refractivity (Wildman–Crippen MR) is 76.1 cm³/mol. The van der Waals surface area contributed by atoms with Gasteiger partial charge in [-0.3, -0.25) is 4.79 Å². The molecule has 0 amide bonds. The van der Waals surface area contributed by atoms with Crippen LogP contribution in [0.3, 0.4) is 0 Å². The van der Waals surface area contributed by atoms with Gasteiger partial charge in [-0.25, -0.2) is 18.6 Å². The molecule has 7 heteroatoms. The second kappa shape index (κ2) is 4.87. The zero-order valence-corrected chi connectivity index (χ0v) is 11.4. The minimum Gasteiger partial charge on any atom is -0.477 e. The fourth-order valence-electron chi connectivity index (χ4n) is 2.36. The number of carboxylic acid groups (broad SMARTS) is 1. The highest BCUT2D eigenvalue weighted by Crippen LogP contribution is 2.21. The third-order valence-electron chi connectivity index (χ3n) is 3.45. The van der Waals surface area contributed by atoms with Gasteiger partial charge in [0, 0.05) is 24.2 Å². The molecular formula is C15H10F2N2O3. The molecule has 0 fully saturated rings. The van der Waals surface area contributed by atoms with Crippen LogP contribution in [0.5, 0.6) is 0 Å². The average molecular weight is 304 g/mol. The van der Waals surface area contributed by atoms with E-state index in [1.165, 1.54) is 16.8 Å². The first-order valence-corrected chi connectivity index (χ1v) is 6.48. The lowest BCUT2D eigenvalue weighted by Gasteiger charge is -2.10. The molecule has 112 valence electrons. The quantitative estimate of drug-likeness (QED) is 0.738. The van der Waals surface area contributed by atoms with Gasteiger partial charge in [0.05, 0.1) is 10.9 Å². The van der Waals surface area contributed by atoms with E-state index in [0.717, 1.165) is 12.1 Å². The molecule has 3 rings (SSSR count). The van der Waals surface area contributed by atoms with Crippen molar-refractivity contribution in [2.75, 3.05) is 0 Å². The van der Waals surface area contributed by atoms with Crippen molar-refractivity contribution in [2.24, 2.45) is 0 Å². The second-order valence-electron chi connectivity index (χ2n) is 4.78. The summed E-state index contributed by atoms with van der Waals surface area (Å²) >= 11 is 0. The summed E-state index contributed by atoms with van der Waals surface area (Å²) in [5, 5.41) is 9.38. The van der Waals surface area contributed by atoms with Gasteiger partial charge in [0.25, 0.3) is 0 Å². The van der Waals surface area contributed by atoms with Gasteiger partial charge in [0.1, 0.15) is 11.2 Å². The number of carbonyl (C=O) groups is 1. The van der Waals surface area contributed by atoms with E-state index in [0.29, 0.717) is 6.54 Å². The highest BCUT2D eigenvalue weighted by atomic mass is 19.2. The smallest absolute Gasteiger partial charge is 0.341 e. The minimum absolute atomic E-state index is 0.0558. The van der Waals surface area contributed by atoms with Gasteiger partial charge in [-0.05, 0) is 19.1 Å². The molecule has 22 heavy (non-hydrogen) atoms. The van der Waals surface area contributed by atoms with Gasteiger partial charge >= 0.3 is 5.97 Å². The van der Waals surface area contributed by atoms with Crippen LogP contribution in [0.2, 0.25) is 0 Å². The summed E-state index contributed by atoms with van der Waals surface area (Å²) in [4.78, 5) is 27.6. The van der Waals surface area contributed by atoms with Crippen LogP contribution in [-0.2, 0) is 6.54 Å². The Morgan fingerprint density at radius 3 is 2.59 bits per heavy atom. The fourth-order valence-corrected chi connectivity index (χ4v) is 2.36. The maximum Gasteiger partial charge on any atom is 0.341 e. The Balaban J connectivity index is 2.52. The summed E-state index contributed by atoms with van der Waals surface area (Å²) in [6, 6.07) is 3.21. The summed E-state index contributed by atoms with van der Waals surface area (Å²) < 4.78 is 28.1. The molecule has 1 N–H and O–H groups in total. The van der Waals surface area contributed by atoms with Gasteiger partial charge in [-0.1, -0.05) is 0 Å². The molecule has 3 aromatic rings. The van der Waals surface area contributed by atoms with Gasteiger partial charge in [-0.2, -0.15) is 0 Å². The summed E-state index contributed by atoms with van der Waals surface area (Å²) in [6.45, 7) is 2.13. The molecule has 2 heterocycles. The Morgan fingerprint density at radius 1 is 1.27 bits per heavy atom. The molecule has 0 spiro atoms. The van der Waals surface area contributed by atoms with E-state index in [1.807, 2.05) is 0 Å². The van der Waals surface area contributed by atoms with Crippen molar-refractivity contribution in [3.8, 4) is 0 Å². The number of aryl methyl sites for hydroxylation is 1. The number of benzene rings is 1. The fraction of sp³-hybridized carbons (Fsp3) is 0.133. The van der Waals surface area contributed by atoms with Crippen molar-refractivity contribution in [3.63, 3.8) is 0 Å². The Morgan fingerprint density at radius 2 is 1.95 bits per heavy atom. The number of pyridine rings is 2. The van der Waals surface area contributed by atoms with Crippen LogP contribution in [0.1, 0.15) is 17.3 Å². The van der Waals surface area contributed by atoms with Crippen molar-refractivity contribution in [2.45, 2.75) is 13.5 Å². The molecule has 0 aliphatic rings. The number of carboxylic acids is 1. The third-order valence-corrected chi connectivity index (χ3v) is 3.45. The van der Waals surface area contributed by atoms with Crippen LogP contribution in [0.25, 0.3) is 21.9 Å². The van der Waals surface area contributed by atoms with Crippen molar-refractivity contribution in [3.05, 3.63) is 51.8 Å². The number of aromatic carboxylic acids is 1. The molecule has 0 atom stereocenters. The van der Waals surface area contributed by atoms with Crippen molar-refractivity contribution in [1.29, 1.82) is 0 Å². The molecule has 0 radical (unpaired) electrons. The standard InChI is InChI=1S/C15H10F2N2O3/c1-2-19-6-9(15(21)22)13(20)8-3-7-4-10(16)11(17)5-12(7)18-14(8)19/h3-6H,2H2,1H3,(H,21,22). The molecule has 5 nitrogen and oxygen atoms in total. The average Bonchev–Trinajstić information content (AvgIpc) is 2.47. The molecule has 0 saturated heterocycles. The first-order chi connectivity index (χ1) is 10.4. The van der Waals surface area contributed by atoms with Crippen LogP contribution < -0.4 is 5.43 Å². The summed E-state index contributed by atoms with van der Waals surface area (Å²) in [6.07, 6.45) is 1.20. The number of aromatic nitrogens is 2. The van der Waals surface area contributed by atoms with Crippen LogP contribution in [0.15, 0.2) is 29.2 Å². The highest BCUT2D eigenvalue weighted by Gasteiger charge is 2.16. The molecule has 2 aromatic heterocycles. The third kappa shape index (κ3) is 2.02. The monoisotopic (exact) mass is 304 g/mol. The van der Waals surface area contributed by atoms with E-state index >= 15 is 0 Å². The summed E-state index contributed by atoms with van der Waals surface area (Å²) in [7, 11) is 0. The number of rotatable bonds is 2. The highest BCUT2D eigenvalue weighted by molar-refractivity contribution is 5.96. The molecule has 0 aliphatic carbocycles. The van der Waals surface area contributed by atoms with Crippen molar-refractivity contribution in [1.82, 2.24) is 9.55 Å². The van der Waals surface area contributed by atoms with Crippen LogP contribution in [0, 0.1) is 11.6 Å². The van der Waals surface area contributed by atoms with E-state index in [9.17, 15) is 18.4 Å². The van der Waals surface area contributed by atoms with E-state index in [2.05, 4.69) is 4.98 Å². The molecule has 0 saturated carbocycles. The van der Waals surface area contributed by atoms with Crippen LogP contribution >= 0.6 is 0 Å². The van der Waals surface area contributed by atoms with Gasteiger partial charge in [0.15, 0.2) is 11.6 Å². The molecular weight excluding hydrogens is 294 g/mol. The SMILES string of the molecule is CCn1cc(C(=O)O)c(=O)c2cc3cc(F)c(F)cc3nc21. The lowest BCUT2D eigenvalue weighted by Crippen LogP contribution is -2.19. The number of hydrogen-bond donors (Lipinski definition) is 1. The molecule has 0 unspecified atom stereocenters. The van der Waals surface area contributed by atoms with E-state index < -0.39 is 28.6 Å². The largest absolute Gasteiger partial charge is 0.477 e. The van der Waals surface area contributed by atoms with E-state index in [1.54, 1.807) is 6.92 Å². The zero-order valence-electron chi connectivity index (χ0n) is 11.4. The van der Waals surface area contributed by atoms with E-state index in [4.69, 9.17) is 5.11 Å². The van der Waals surface area contributed by atoms with Crippen LogP contribution in [0.4, 0.5) is 8.78 Å². The normalized spacial score (nSPS) is 11.2. The van der Waals surface area contributed by atoms with Gasteiger partial charge in [-0.15, -0.1) is 0 Å². The summed E-state index contributed by atoms with van der Waals surface area (Å²) in [5.74, 6) is -3.44. The van der Waals surface area contributed by atoms with Crippen LogP contribution in [-0.4, -0.2) is 20.6 Å². The first kappa shape index (κ1) is 14.1. The molecule has 1 aromatic carbocycles. The second-order valence-corrected chi connectivity index (χ2v) is 4.78. The number of halogens is 2. The number of hydrogen-bond acceptors (Lipinski definition) is 3. The Bertz CT molecular complexity index is 996. The summed E-state index contributed by atoms with van der Waals surface area (Å²) in [5.41, 5.74) is -0.670. The Kier molecular flexibility index (Phi) is 3.13. The lowest BCUT2D eigenvalue weighted by molar-refractivity contribution is 0.0695. The minimum atomic E-state index is -1.35. The zero-order chi connectivity index (χ0) is 16.0. The van der Waals surface area contributed by atoms with Gasteiger partial charge < -0.3 is 9.67 Å². The molecule has 0 bridgehead atoms. The number of nitrogens with zero attached hydrogens (tertiary/aromatic N) is 2. The predicted octanol–water partition coefficient (Wildman–Crippen LogP) is 2.55. The lowest BCUT2D eigenvalue weighted by atomic mass is 10.1. The maximum atomic E-state index is 13.3. The maximum absolute atomic E-state index is 13.3. The number of fused-ring (bicyclic) bond motifs is 2. The Hall–Kier alpha value is -2.83. The molecule has 0 aliphatic heterocycles. The van der Waals surface area contributed by atoms with Crippen molar-refractivity contribution >= 4 is 27.9 Å². The Labute approximate surface area is 122 Å². The first-order valence-electron chi connectivity index (χ1n) is 6.48. The topological polar surface area (TPSA) is 72.2 Å². The van der Waals surface area contributed by atoms with E-state index in [-0.39, 0.29) is 21.9 Å². The van der Waals surface area contributed by atoms with Gasteiger partial charge in [0.2, 0.25) is 5.43 Å².